The average molecular weight is 547 g/mol. The smallest absolute Gasteiger partial charge is 0.305 e. The highest BCUT2D eigenvalue weighted by molar-refractivity contribution is 5.69. The Bertz CT molecular complexity index is 660. The molecule has 0 N–H and O–H groups in total. The third-order valence-electron chi connectivity index (χ3n) is 7.48. The van der Waals surface area contributed by atoms with Gasteiger partial charge in [-0.25, -0.2) is 0 Å². The van der Waals surface area contributed by atoms with Crippen molar-refractivity contribution >= 4 is 5.97 Å². The molecule has 0 saturated heterocycles. The fourth-order valence-electron chi connectivity index (χ4n) is 5.01. The molecule has 4 nitrogen and oxygen atoms in total. The minimum atomic E-state index is -0.0998. The maximum Gasteiger partial charge on any atom is 0.305 e. The van der Waals surface area contributed by atoms with E-state index in [1.165, 1.54) is 121 Å². The van der Waals surface area contributed by atoms with Crippen LogP contribution < -0.4 is 4.74 Å². The van der Waals surface area contributed by atoms with E-state index < -0.39 is 0 Å². The minimum absolute atomic E-state index is 0.0998. The summed E-state index contributed by atoms with van der Waals surface area (Å²) in [6.07, 6.45) is 27.9. The quantitative estimate of drug-likeness (QED) is 0.0740. The molecule has 0 aliphatic rings. The largest absolute Gasteiger partial charge is 0.491 e. The lowest BCUT2D eigenvalue weighted by Gasteiger charge is -2.12. The summed E-state index contributed by atoms with van der Waals surface area (Å²) in [5.74, 6) is 0.869. The van der Waals surface area contributed by atoms with E-state index in [0.29, 0.717) is 32.8 Å². The van der Waals surface area contributed by atoms with Crippen LogP contribution in [0.2, 0.25) is 0 Å². The van der Waals surface area contributed by atoms with Crippen molar-refractivity contribution in [1.29, 1.82) is 0 Å². The number of esters is 1. The number of rotatable bonds is 29. The lowest BCUT2D eigenvalue weighted by Crippen LogP contribution is -2.14. The Balaban J connectivity index is 1.91. The van der Waals surface area contributed by atoms with Gasteiger partial charge in [0.2, 0.25) is 0 Å². The van der Waals surface area contributed by atoms with Gasteiger partial charge in [0.25, 0.3) is 0 Å². The SMILES string of the molecule is CCCCCCCCCCCCCCCC(=O)OCCOCCOc1ccccc1CCCCCCCCC. The zero-order valence-corrected chi connectivity index (χ0v) is 25.8. The van der Waals surface area contributed by atoms with Crippen LogP contribution in [-0.2, 0) is 20.7 Å². The predicted octanol–water partition coefficient (Wildman–Crippen LogP) is 10.4. The van der Waals surface area contributed by atoms with Crippen LogP contribution in [0.1, 0.15) is 154 Å². The molecular weight excluding hydrogens is 484 g/mol. The van der Waals surface area contributed by atoms with Crippen LogP contribution >= 0.6 is 0 Å². The van der Waals surface area contributed by atoms with Crippen molar-refractivity contribution in [3.63, 3.8) is 0 Å². The number of carbonyl (C=O) groups is 1. The number of hydrogen-bond donors (Lipinski definition) is 0. The first kappa shape index (κ1) is 35.5. The molecule has 0 unspecified atom stereocenters. The summed E-state index contributed by atoms with van der Waals surface area (Å²) in [6.45, 7) is 6.30. The molecule has 0 fully saturated rings. The molecule has 1 aromatic carbocycles. The highest BCUT2D eigenvalue weighted by atomic mass is 16.6. The van der Waals surface area contributed by atoms with Gasteiger partial charge >= 0.3 is 5.97 Å². The van der Waals surface area contributed by atoms with Gasteiger partial charge in [0.15, 0.2) is 0 Å². The van der Waals surface area contributed by atoms with Crippen molar-refractivity contribution in [3.8, 4) is 5.75 Å². The number of hydrogen-bond acceptors (Lipinski definition) is 4. The molecule has 4 heteroatoms. The molecule has 0 heterocycles. The first-order valence-corrected chi connectivity index (χ1v) is 16.7. The molecule has 0 spiro atoms. The standard InChI is InChI=1S/C35H62O4/c1-3-5-7-9-11-12-13-14-15-16-18-20-22-28-35(36)39-32-30-37-29-31-38-34-27-24-23-26-33(34)25-21-19-17-10-8-6-4-2/h23-24,26-27H,3-22,25,28-32H2,1-2H3. The number of aryl methyl sites for hydroxylation is 1. The Kier molecular flexibility index (Phi) is 25.5. The number of para-hydroxylation sites is 1. The predicted molar refractivity (Wildman–Crippen MR) is 166 cm³/mol. The zero-order valence-electron chi connectivity index (χ0n) is 25.8. The number of ether oxygens (including phenoxy) is 3. The molecule has 226 valence electrons. The Morgan fingerprint density at radius 1 is 0.564 bits per heavy atom. The fraction of sp³-hybridized carbons (Fsp3) is 0.800. The highest BCUT2D eigenvalue weighted by Gasteiger charge is 2.05. The third kappa shape index (κ3) is 22.9. The van der Waals surface area contributed by atoms with Crippen molar-refractivity contribution in [3.05, 3.63) is 29.8 Å². The molecule has 0 amide bonds. The van der Waals surface area contributed by atoms with Crippen LogP contribution in [0.3, 0.4) is 0 Å². The maximum atomic E-state index is 11.9. The van der Waals surface area contributed by atoms with Crippen LogP contribution in [0, 0.1) is 0 Å². The normalized spacial score (nSPS) is 11.1. The number of benzene rings is 1. The van der Waals surface area contributed by atoms with Gasteiger partial charge in [-0.15, -0.1) is 0 Å². The lowest BCUT2D eigenvalue weighted by molar-refractivity contribution is -0.145. The van der Waals surface area contributed by atoms with Crippen molar-refractivity contribution in [2.45, 2.75) is 155 Å². The second-order valence-corrected chi connectivity index (χ2v) is 11.2. The summed E-state index contributed by atoms with van der Waals surface area (Å²) in [5, 5.41) is 0. The molecule has 0 saturated carbocycles. The average Bonchev–Trinajstić information content (AvgIpc) is 2.95. The van der Waals surface area contributed by atoms with Crippen molar-refractivity contribution in [1.82, 2.24) is 0 Å². The van der Waals surface area contributed by atoms with E-state index in [1.54, 1.807) is 0 Å². The van der Waals surface area contributed by atoms with Gasteiger partial charge in [-0.1, -0.05) is 148 Å². The van der Waals surface area contributed by atoms with Crippen LogP contribution in [0.5, 0.6) is 5.75 Å². The van der Waals surface area contributed by atoms with Crippen LogP contribution in [0.25, 0.3) is 0 Å². The molecule has 1 aromatic rings. The Labute approximate surface area is 242 Å². The first-order valence-electron chi connectivity index (χ1n) is 16.7. The van der Waals surface area contributed by atoms with Gasteiger partial charge in [0.05, 0.1) is 13.2 Å². The second-order valence-electron chi connectivity index (χ2n) is 11.2. The van der Waals surface area contributed by atoms with Crippen molar-refractivity contribution in [2.75, 3.05) is 26.4 Å². The van der Waals surface area contributed by atoms with E-state index in [4.69, 9.17) is 14.2 Å². The van der Waals surface area contributed by atoms with Crippen molar-refractivity contribution < 1.29 is 19.0 Å². The number of carbonyl (C=O) groups excluding carboxylic acids is 1. The van der Waals surface area contributed by atoms with Gasteiger partial charge in [-0.05, 0) is 30.9 Å². The Hall–Kier alpha value is -1.55. The van der Waals surface area contributed by atoms with E-state index in [-0.39, 0.29) is 5.97 Å². The topological polar surface area (TPSA) is 44.8 Å². The molecule has 39 heavy (non-hydrogen) atoms. The summed E-state index contributed by atoms with van der Waals surface area (Å²) < 4.78 is 16.9. The van der Waals surface area contributed by atoms with Crippen molar-refractivity contribution in [2.24, 2.45) is 0 Å². The zero-order chi connectivity index (χ0) is 28.1. The molecule has 0 aliphatic heterocycles. The highest BCUT2D eigenvalue weighted by Crippen LogP contribution is 2.21. The van der Waals surface area contributed by atoms with E-state index >= 15 is 0 Å². The van der Waals surface area contributed by atoms with Gasteiger partial charge in [0.1, 0.15) is 19.0 Å². The third-order valence-corrected chi connectivity index (χ3v) is 7.48. The molecule has 0 atom stereocenters. The molecule has 0 radical (unpaired) electrons. The fourth-order valence-corrected chi connectivity index (χ4v) is 5.01. The Morgan fingerprint density at radius 2 is 1.05 bits per heavy atom. The monoisotopic (exact) mass is 546 g/mol. The summed E-state index contributed by atoms with van der Waals surface area (Å²) in [5.41, 5.74) is 1.29. The minimum Gasteiger partial charge on any atom is -0.491 e. The van der Waals surface area contributed by atoms with E-state index in [2.05, 4.69) is 32.0 Å². The van der Waals surface area contributed by atoms with Crippen LogP contribution in [0.4, 0.5) is 0 Å². The molecule has 0 bridgehead atoms. The molecular formula is C35H62O4. The van der Waals surface area contributed by atoms with Gasteiger partial charge in [-0.2, -0.15) is 0 Å². The lowest BCUT2D eigenvalue weighted by atomic mass is 10.0. The Morgan fingerprint density at radius 3 is 1.64 bits per heavy atom. The van der Waals surface area contributed by atoms with E-state index in [0.717, 1.165) is 25.0 Å². The maximum absolute atomic E-state index is 11.9. The van der Waals surface area contributed by atoms with Gasteiger partial charge in [0, 0.05) is 6.42 Å². The number of unbranched alkanes of at least 4 members (excludes halogenated alkanes) is 18. The first-order chi connectivity index (χ1) is 19.3. The van der Waals surface area contributed by atoms with E-state index in [9.17, 15) is 4.79 Å². The summed E-state index contributed by atoms with van der Waals surface area (Å²) in [7, 11) is 0. The van der Waals surface area contributed by atoms with Gasteiger partial charge < -0.3 is 14.2 Å². The molecule has 0 aliphatic carbocycles. The molecule has 0 aromatic heterocycles. The van der Waals surface area contributed by atoms with E-state index in [1.807, 2.05) is 6.07 Å². The summed E-state index contributed by atoms with van der Waals surface area (Å²) in [6, 6.07) is 8.34. The van der Waals surface area contributed by atoms with Crippen LogP contribution in [0.15, 0.2) is 24.3 Å². The summed E-state index contributed by atoms with van der Waals surface area (Å²) in [4.78, 5) is 11.9. The molecule has 1 rings (SSSR count). The van der Waals surface area contributed by atoms with Gasteiger partial charge in [-0.3, -0.25) is 4.79 Å². The summed E-state index contributed by atoms with van der Waals surface area (Å²) >= 11 is 0. The van der Waals surface area contributed by atoms with Crippen LogP contribution in [-0.4, -0.2) is 32.4 Å². The second kappa shape index (κ2) is 28.0.